The van der Waals surface area contributed by atoms with Crippen molar-refractivity contribution < 1.29 is 22.5 Å². The highest BCUT2D eigenvalue weighted by molar-refractivity contribution is 6.55. The Bertz CT molecular complexity index is 595. The van der Waals surface area contributed by atoms with E-state index in [0.717, 1.165) is 12.8 Å². The first-order valence-electron chi connectivity index (χ1n) is 8.44. The monoisotopic (exact) mass is 326 g/mol. The van der Waals surface area contributed by atoms with Gasteiger partial charge in [0, 0.05) is 5.57 Å². The normalized spacial score (nSPS) is 41.8. The molecule has 0 aromatic carbocycles. The van der Waals surface area contributed by atoms with E-state index in [4.69, 9.17) is 9.31 Å². The molecule has 4 aliphatic carbocycles. The molecule has 0 N–H and O–H groups in total. The summed E-state index contributed by atoms with van der Waals surface area (Å²) < 4.78 is 52.1. The average molecular weight is 326 g/mol. The topological polar surface area (TPSA) is 18.5 Å². The summed E-state index contributed by atoms with van der Waals surface area (Å²) in [6.45, 7) is 6.51. The predicted molar refractivity (Wildman–Crippen MR) is 81.6 cm³/mol. The van der Waals surface area contributed by atoms with Gasteiger partial charge in [0.05, 0.1) is 11.7 Å². The van der Waals surface area contributed by atoms with Gasteiger partial charge in [-0.15, -0.1) is 0 Å². The van der Waals surface area contributed by atoms with Gasteiger partial charge in [-0.2, -0.15) is 13.2 Å². The Morgan fingerprint density at radius 1 is 1.22 bits per heavy atom. The first-order chi connectivity index (χ1) is 10.6. The fourth-order valence-electron chi connectivity index (χ4n) is 5.21. The Morgan fingerprint density at radius 2 is 1.96 bits per heavy atom. The van der Waals surface area contributed by atoms with Crippen molar-refractivity contribution in [3.05, 3.63) is 23.2 Å². The molecule has 5 aliphatic rings. The molecule has 0 spiro atoms. The third kappa shape index (κ3) is 2.10. The van der Waals surface area contributed by atoms with Crippen LogP contribution in [0.25, 0.3) is 0 Å². The van der Waals surface area contributed by atoms with Gasteiger partial charge in [-0.1, -0.05) is 26.0 Å². The number of halogens is 3. The van der Waals surface area contributed by atoms with Crippen LogP contribution < -0.4 is 0 Å². The molecule has 3 saturated carbocycles. The number of rotatable bonds is 1. The molecule has 0 radical (unpaired) electrons. The molecule has 4 fully saturated rings. The van der Waals surface area contributed by atoms with E-state index >= 15 is 0 Å². The van der Waals surface area contributed by atoms with E-state index in [1.165, 1.54) is 0 Å². The molecule has 0 aromatic heterocycles. The minimum atomic E-state index is -4.32. The summed E-state index contributed by atoms with van der Waals surface area (Å²) in [7, 11) is -0.881. The van der Waals surface area contributed by atoms with Crippen molar-refractivity contribution in [1.29, 1.82) is 0 Å². The van der Waals surface area contributed by atoms with Gasteiger partial charge < -0.3 is 9.31 Å². The van der Waals surface area contributed by atoms with Crippen molar-refractivity contribution in [2.45, 2.75) is 64.3 Å². The molecule has 0 amide bonds. The summed E-state index contributed by atoms with van der Waals surface area (Å²) in [5.41, 5.74) is -0.598. The highest BCUT2D eigenvalue weighted by atomic mass is 19.4. The molecule has 5 rings (SSSR count). The van der Waals surface area contributed by atoms with Gasteiger partial charge in [-0.05, 0) is 55.3 Å². The molecule has 4 unspecified atom stereocenters. The van der Waals surface area contributed by atoms with Crippen molar-refractivity contribution >= 4 is 7.12 Å². The van der Waals surface area contributed by atoms with Gasteiger partial charge >= 0.3 is 13.3 Å². The minimum absolute atomic E-state index is 0.0114. The lowest BCUT2D eigenvalue weighted by Gasteiger charge is -2.64. The van der Waals surface area contributed by atoms with Crippen molar-refractivity contribution in [1.82, 2.24) is 0 Å². The first-order valence-corrected chi connectivity index (χ1v) is 8.44. The van der Waals surface area contributed by atoms with Crippen LogP contribution in [-0.2, 0) is 9.31 Å². The van der Waals surface area contributed by atoms with Crippen LogP contribution in [0.3, 0.4) is 0 Å². The molecule has 1 saturated heterocycles. The lowest BCUT2D eigenvalue weighted by atomic mass is 9.43. The SMILES string of the molecule is CC1(C)C2CC3OB(C4=C(C(F)(F)F)CCC=C4)OC3(C)C1C2. The lowest BCUT2D eigenvalue weighted by molar-refractivity contribution is -0.199. The number of hydrogen-bond donors (Lipinski definition) is 0. The largest absolute Gasteiger partial charge is 0.494 e. The smallest absolute Gasteiger partial charge is 0.402 e. The second-order valence-corrected chi connectivity index (χ2v) is 8.17. The fourth-order valence-corrected chi connectivity index (χ4v) is 5.21. The first kappa shape index (κ1) is 15.8. The quantitative estimate of drug-likeness (QED) is 0.662. The van der Waals surface area contributed by atoms with Crippen molar-refractivity contribution in [2.75, 3.05) is 0 Å². The van der Waals surface area contributed by atoms with Gasteiger partial charge in [0.2, 0.25) is 0 Å². The number of hydrogen-bond acceptors (Lipinski definition) is 2. The van der Waals surface area contributed by atoms with Gasteiger partial charge in [-0.25, -0.2) is 0 Å². The van der Waals surface area contributed by atoms with E-state index in [2.05, 4.69) is 13.8 Å². The van der Waals surface area contributed by atoms with Crippen LogP contribution in [0.5, 0.6) is 0 Å². The van der Waals surface area contributed by atoms with E-state index < -0.39 is 24.5 Å². The number of alkyl halides is 3. The maximum Gasteiger partial charge on any atom is 0.494 e. The summed E-state index contributed by atoms with van der Waals surface area (Å²) in [6.07, 6.45) is 1.33. The standard InChI is InChI=1S/C17H22BF3O2/c1-15(2)10-8-13(15)16(3)14(9-10)22-18(23-16)12-7-5-4-6-11(12)17(19,20)21/h5,7,10,13-14H,4,6,8-9H2,1-3H3. The molecule has 0 aromatic rings. The molecule has 23 heavy (non-hydrogen) atoms. The van der Waals surface area contributed by atoms with Crippen LogP contribution in [0.4, 0.5) is 13.2 Å². The summed E-state index contributed by atoms with van der Waals surface area (Å²) >= 11 is 0. The Hall–Kier alpha value is -0.745. The zero-order valence-corrected chi connectivity index (χ0v) is 13.7. The molecule has 6 heteroatoms. The molecule has 2 nitrogen and oxygen atoms in total. The van der Waals surface area contributed by atoms with E-state index in [0.29, 0.717) is 18.3 Å². The predicted octanol–water partition coefficient (Wildman–Crippen LogP) is 4.46. The van der Waals surface area contributed by atoms with Gasteiger partial charge in [-0.3, -0.25) is 0 Å². The highest BCUT2D eigenvalue weighted by Crippen LogP contribution is 2.66. The Labute approximate surface area is 135 Å². The second kappa shape index (κ2) is 4.66. The van der Waals surface area contributed by atoms with Gasteiger partial charge in [0.15, 0.2) is 0 Å². The maximum atomic E-state index is 13.3. The number of allylic oxidation sites excluding steroid dienone is 4. The fraction of sp³-hybridized carbons (Fsp3) is 0.765. The molecular formula is C17H22BF3O2. The Kier molecular flexibility index (Phi) is 3.19. The summed E-state index contributed by atoms with van der Waals surface area (Å²) in [5.74, 6) is 0.942. The van der Waals surface area contributed by atoms with Crippen molar-refractivity contribution in [3.63, 3.8) is 0 Å². The molecule has 126 valence electrons. The van der Waals surface area contributed by atoms with E-state index in [9.17, 15) is 13.2 Å². The van der Waals surface area contributed by atoms with Gasteiger partial charge in [0.1, 0.15) is 0 Å². The lowest BCUT2D eigenvalue weighted by Crippen LogP contribution is -2.65. The van der Waals surface area contributed by atoms with E-state index in [1.54, 1.807) is 12.2 Å². The van der Waals surface area contributed by atoms with E-state index in [1.807, 2.05) is 6.92 Å². The van der Waals surface area contributed by atoms with Crippen LogP contribution >= 0.6 is 0 Å². The Morgan fingerprint density at radius 3 is 2.61 bits per heavy atom. The molecule has 2 bridgehead atoms. The zero-order valence-electron chi connectivity index (χ0n) is 13.7. The third-order valence-corrected chi connectivity index (χ3v) is 6.75. The highest BCUT2D eigenvalue weighted by Gasteiger charge is 2.68. The van der Waals surface area contributed by atoms with Crippen LogP contribution in [0.2, 0.25) is 0 Å². The zero-order chi connectivity index (χ0) is 16.6. The summed E-state index contributed by atoms with van der Waals surface area (Å²) in [6, 6.07) is 0. The van der Waals surface area contributed by atoms with E-state index in [-0.39, 0.29) is 23.4 Å². The summed E-state index contributed by atoms with van der Waals surface area (Å²) in [4.78, 5) is 0. The average Bonchev–Trinajstić information content (AvgIpc) is 2.83. The molecule has 1 heterocycles. The van der Waals surface area contributed by atoms with Crippen molar-refractivity contribution in [2.24, 2.45) is 17.3 Å². The van der Waals surface area contributed by atoms with Crippen LogP contribution in [0.15, 0.2) is 23.2 Å². The van der Waals surface area contributed by atoms with Gasteiger partial charge in [0.25, 0.3) is 0 Å². The molecule has 1 aliphatic heterocycles. The summed E-state index contributed by atoms with van der Waals surface area (Å²) in [5, 5.41) is 0. The second-order valence-electron chi connectivity index (χ2n) is 8.17. The minimum Gasteiger partial charge on any atom is -0.402 e. The van der Waals surface area contributed by atoms with Crippen LogP contribution in [0.1, 0.15) is 46.5 Å². The molecular weight excluding hydrogens is 304 g/mol. The third-order valence-electron chi connectivity index (χ3n) is 6.75. The van der Waals surface area contributed by atoms with Crippen LogP contribution in [-0.4, -0.2) is 25.0 Å². The van der Waals surface area contributed by atoms with Crippen LogP contribution in [0, 0.1) is 17.3 Å². The molecule has 4 atom stereocenters. The Balaban J connectivity index is 1.66. The van der Waals surface area contributed by atoms with Crippen molar-refractivity contribution in [3.8, 4) is 0 Å². The maximum absolute atomic E-state index is 13.3.